The van der Waals surface area contributed by atoms with Crippen LogP contribution in [-0.4, -0.2) is 11.5 Å². The zero-order valence-electron chi connectivity index (χ0n) is 11.6. The Balaban J connectivity index is 1.86. The summed E-state index contributed by atoms with van der Waals surface area (Å²) >= 11 is 0. The van der Waals surface area contributed by atoms with Gasteiger partial charge in [0.05, 0.1) is 0 Å². The minimum absolute atomic E-state index is 0.687. The molecule has 3 heteroatoms. The van der Waals surface area contributed by atoms with Gasteiger partial charge in [-0.15, -0.1) is 0 Å². The number of benzene rings is 2. The summed E-state index contributed by atoms with van der Waals surface area (Å²) in [5.41, 5.74) is 11.2. The molecule has 0 aliphatic carbocycles. The molecule has 0 amide bonds. The van der Waals surface area contributed by atoms with E-state index in [1.807, 2.05) is 13.0 Å². The Labute approximate surface area is 118 Å². The van der Waals surface area contributed by atoms with Crippen molar-refractivity contribution in [3.63, 3.8) is 0 Å². The maximum absolute atomic E-state index is 5.61. The number of hydrogen-bond acceptors (Lipinski definition) is 3. The molecule has 0 unspecified atom stereocenters. The fourth-order valence-electron chi connectivity index (χ4n) is 2.49. The van der Waals surface area contributed by atoms with Gasteiger partial charge in [-0.05, 0) is 48.2 Å². The summed E-state index contributed by atoms with van der Waals surface area (Å²) in [7, 11) is 0. The first kappa shape index (κ1) is 12.9. The first-order valence-electron chi connectivity index (χ1n) is 6.88. The molecule has 102 valence electrons. The average molecular weight is 266 g/mol. The van der Waals surface area contributed by atoms with Gasteiger partial charge >= 0.3 is 0 Å². The SMILES string of the molecule is Cc1nc2ccc(Cc3cccc(CCN)c3)cc2o1. The lowest BCUT2D eigenvalue weighted by Gasteiger charge is -2.05. The first-order valence-corrected chi connectivity index (χ1v) is 6.88. The zero-order chi connectivity index (χ0) is 13.9. The zero-order valence-corrected chi connectivity index (χ0v) is 11.6. The minimum Gasteiger partial charge on any atom is -0.441 e. The third kappa shape index (κ3) is 2.73. The van der Waals surface area contributed by atoms with Gasteiger partial charge in [-0.25, -0.2) is 4.98 Å². The lowest BCUT2D eigenvalue weighted by atomic mass is 10.0. The second-order valence-corrected chi connectivity index (χ2v) is 5.07. The molecule has 3 aromatic rings. The van der Waals surface area contributed by atoms with E-state index in [-0.39, 0.29) is 0 Å². The molecule has 0 aliphatic heterocycles. The van der Waals surface area contributed by atoms with Crippen LogP contribution in [0.3, 0.4) is 0 Å². The molecule has 0 saturated carbocycles. The van der Waals surface area contributed by atoms with Crippen LogP contribution in [-0.2, 0) is 12.8 Å². The van der Waals surface area contributed by atoms with Gasteiger partial charge in [0.25, 0.3) is 0 Å². The maximum atomic E-state index is 5.61. The third-order valence-electron chi connectivity index (χ3n) is 3.39. The summed E-state index contributed by atoms with van der Waals surface area (Å²) in [5.74, 6) is 0.710. The Kier molecular flexibility index (Phi) is 3.52. The number of aromatic nitrogens is 1. The number of nitrogens with zero attached hydrogens (tertiary/aromatic N) is 1. The lowest BCUT2D eigenvalue weighted by molar-refractivity contribution is 0.561. The Hall–Kier alpha value is -2.13. The molecule has 1 aromatic heterocycles. The summed E-state index contributed by atoms with van der Waals surface area (Å²) < 4.78 is 5.58. The van der Waals surface area contributed by atoms with Gasteiger partial charge in [-0.2, -0.15) is 0 Å². The van der Waals surface area contributed by atoms with E-state index >= 15 is 0 Å². The van der Waals surface area contributed by atoms with E-state index in [2.05, 4.69) is 41.4 Å². The van der Waals surface area contributed by atoms with E-state index in [1.165, 1.54) is 16.7 Å². The summed E-state index contributed by atoms with van der Waals surface area (Å²) in [6, 6.07) is 14.8. The molecular formula is C17H18N2O. The van der Waals surface area contributed by atoms with E-state index in [4.69, 9.17) is 10.2 Å². The summed E-state index contributed by atoms with van der Waals surface area (Å²) in [5, 5.41) is 0. The fourth-order valence-corrected chi connectivity index (χ4v) is 2.49. The number of nitrogens with two attached hydrogens (primary N) is 1. The molecule has 0 radical (unpaired) electrons. The van der Waals surface area contributed by atoms with Gasteiger partial charge in [0.15, 0.2) is 11.5 Å². The molecule has 0 saturated heterocycles. The van der Waals surface area contributed by atoms with Crippen LogP contribution in [0.25, 0.3) is 11.1 Å². The van der Waals surface area contributed by atoms with Crippen molar-refractivity contribution in [2.75, 3.05) is 6.54 Å². The number of fused-ring (bicyclic) bond motifs is 1. The molecular weight excluding hydrogens is 248 g/mol. The smallest absolute Gasteiger partial charge is 0.192 e. The van der Waals surface area contributed by atoms with E-state index in [0.29, 0.717) is 12.4 Å². The Morgan fingerprint density at radius 2 is 1.85 bits per heavy atom. The molecule has 0 aliphatic rings. The van der Waals surface area contributed by atoms with Gasteiger partial charge in [0, 0.05) is 6.92 Å². The quantitative estimate of drug-likeness (QED) is 0.788. The molecule has 0 fully saturated rings. The number of hydrogen-bond donors (Lipinski definition) is 1. The summed E-state index contributed by atoms with van der Waals surface area (Å²) in [6.07, 6.45) is 1.82. The fraction of sp³-hybridized carbons (Fsp3) is 0.235. The van der Waals surface area contributed by atoms with E-state index in [1.54, 1.807) is 0 Å². The van der Waals surface area contributed by atoms with Crippen molar-refractivity contribution in [2.24, 2.45) is 5.73 Å². The van der Waals surface area contributed by atoms with Gasteiger partial charge in [-0.1, -0.05) is 30.3 Å². The molecule has 3 rings (SSSR count). The largest absolute Gasteiger partial charge is 0.441 e. The lowest BCUT2D eigenvalue weighted by Crippen LogP contribution is -2.03. The second-order valence-electron chi connectivity index (χ2n) is 5.07. The van der Waals surface area contributed by atoms with Crippen LogP contribution in [0.15, 0.2) is 46.9 Å². The van der Waals surface area contributed by atoms with Gasteiger partial charge in [0.2, 0.25) is 0 Å². The van der Waals surface area contributed by atoms with Crippen molar-refractivity contribution in [1.29, 1.82) is 0 Å². The highest BCUT2D eigenvalue weighted by molar-refractivity contribution is 5.73. The standard InChI is InChI=1S/C17H18N2O/c1-12-19-16-6-5-15(11-17(16)20-12)10-14-4-2-3-13(9-14)7-8-18/h2-6,9,11H,7-8,10,18H2,1H3. The normalized spacial score (nSPS) is 11.1. The highest BCUT2D eigenvalue weighted by Crippen LogP contribution is 2.19. The summed E-state index contributed by atoms with van der Waals surface area (Å²) in [6.45, 7) is 2.56. The van der Waals surface area contributed by atoms with Gasteiger partial charge < -0.3 is 10.2 Å². The molecule has 2 N–H and O–H groups in total. The Morgan fingerprint density at radius 3 is 2.70 bits per heavy atom. The Morgan fingerprint density at radius 1 is 1.05 bits per heavy atom. The van der Waals surface area contributed by atoms with Crippen molar-refractivity contribution in [2.45, 2.75) is 19.8 Å². The van der Waals surface area contributed by atoms with Gasteiger partial charge in [-0.3, -0.25) is 0 Å². The molecule has 0 spiro atoms. The molecule has 20 heavy (non-hydrogen) atoms. The number of rotatable bonds is 4. The van der Waals surface area contributed by atoms with E-state index in [0.717, 1.165) is 23.9 Å². The minimum atomic E-state index is 0.687. The molecule has 1 heterocycles. The van der Waals surface area contributed by atoms with Crippen LogP contribution in [0.1, 0.15) is 22.6 Å². The van der Waals surface area contributed by atoms with Crippen molar-refractivity contribution in [1.82, 2.24) is 4.98 Å². The molecule has 0 atom stereocenters. The van der Waals surface area contributed by atoms with Gasteiger partial charge in [0.1, 0.15) is 5.52 Å². The van der Waals surface area contributed by atoms with Crippen LogP contribution < -0.4 is 5.73 Å². The Bertz CT molecular complexity index is 731. The van der Waals surface area contributed by atoms with Crippen LogP contribution in [0.4, 0.5) is 0 Å². The predicted molar refractivity (Wildman–Crippen MR) is 80.8 cm³/mol. The average Bonchev–Trinajstić information content (AvgIpc) is 2.79. The second kappa shape index (κ2) is 5.47. The van der Waals surface area contributed by atoms with Crippen LogP contribution in [0.5, 0.6) is 0 Å². The topological polar surface area (TPSA) is 52.0 Å². The van der Waals surface area contributed by atoms with Crippen LogP contribution in [0, 0.1) is 6.92 Å². The van der Waals surface area contributed by atoms with Crippen molar-refractivity contribution >= 4 is 11.1 Å². The molecule has 3 nitrogen and oxygen atoms in total. The van der Waals surface area contributed by atoms with Crippen LogP contribution in [0.2, 0.25) is 0 Å². The molecule has 0 bridgehead atoms. The highest BCUT2D eigenvalue weighted by Gasteiger charge is 2.04. The monoisotopic (exact) mass is 266 g/mol. The van der Waals surface area contributed by atoms with E-state index in [9.17, 15) is 0 Å². The molecule has 2 aromatic carbocycles. The predicted octanol–water partition coefficient (Wildman–Crippen LogP) is 3.23. The van der Waals surface area contributed by atoms with Crippen LogP contribution >= 0.6 is 0 Å². The summed E-state index contributed by atoms with van der Waals surface area (Å²) in [4.78, 5) is 4.32. The van der Waals surface area contributed by atoms with Crippen molar-refractivity contribution < 1.29 is 4.42 Å². The van der Waals surface area contributed by atoms with E-state index < -0.39 is 0 Å². The number of oxazole rings is 1. The highest BCUT2D eigenvalue weighted by atomic mass is 16.3. The maximum Gasteiger partial charge on any atom is 0.192 e. The first-order chi connectivity index (χ1) is 9.74. The number of aryl methyl sites for hydroxylation is 1. The van der Waals surface area contributed by atoms with Crippen molar-refractivity contribution in [3.8, 4) is 0 Å². The van der Waals surface area contributed by atoms with Crippen molar-refractivity contribution in [3.05, 3.63) is 65.0 Å². The third-order valence-corrected chi connectivity index (χ3v) is 3.39.